The number of amidine groups is 1. The molecule has 0 aliphatic carbocycles. The van der Waals surface area contributed by atoms with E-state index in [0.717, 1.165) is 17.5 Å². The summed E-state index contributed by atoms with van der Waals surface area (Å²) in [5, 5.41) is 9.86. The highest BCUT2D eigenvalue weighted by Gasteiger charge is 2.19. The lowest BCUT2D eigenvalue weighted by atomic mass is 9.92. The van der Waals surface area contributed by atoms with Gasteiger partial charge in [0.2, 0.25) is 11.8 Å². The van der Waals surface area contributed by atoms with Crippen molar-refractivity contribution in [2.24, 2.45) is 16.7 Å². The number of anilines is 1. The molecule has 1 amide bonds. The molecule has 8 heteroatoms. The summed E-state index contributed by atoms with van der Waals surface area (Å²) in [6.45, 7) is 6.01. The molecule has 0 saturated carbocycles. The average Bonchev–Trinajstić information content (AvgIpc) is 2.74. The Morgan fingerprint density at radius 3 is 2.78 bits per heavy atom. The van der Waals surface area contributed by atoms with E-state index in [4.69, 9.17) is 16.1 Å². The zero-order valence-corrected chi connectivity index (χ0v) is 11.4. The smallest absolute Gasteiger partial charge is 0.237 e. The summed E-state index contributed by atoms with van der Waals surface area (Å²) in [4.78, 5) is 11.5. The van der Waals surface area contributed by atoms with Crippen LogP contribution < -0.4 is 16.9 Å². The van der Waals surface area contributed by atoms with Crippen LogP contribution in [0.4, 0.5) is 5.88 Å². The summed E-state index contributed by atoms with van der Waals surface area (Å²) in [7, 11) is 0. The number of aromatic nitrogens is 1. The molecule has 1 heterocycles. The third-order valence-corrected chi connectivity index (χ3v) is 2.83. The van der Waals surface area contributed by atoms with E-state index in [0.29, 0.717) is 5.88 Å². The molecule has 0 aliphatic heterocycles. The summed E-state index contributed by atoms with van der Waals surface area (Å²) in [5.74, 6) is 5.11. The van der Waals surface area contributed by atoms with Gasteiger partial charge >= 0.3 is 0 Å². The molecule has 0 radical (unpaired) electrons. The summed E-state index contributed by atoms with van der Waals surface area (Å²) < 4.78 is 5.02. The molecule has 1 aromatic rings. The van der Waals surface area contributed by atoms with Crippen LogP contribution in [-0.4, -0.2) is 22.0 Å². The predicted octanol–water partition coefficient (Wildman–Crippen LogP) is 0.832. The average molecular weight is 271 g/mol. The highest BCUT2D eigenvalue weighted by molar-refractivity contribution is 8.14. The standard InChI is InChI=1S/C10H17N5O2S/c1-10(2,3)6-4-8(17-15-6)13-7(16)5-18-9(11)14-12/h4H,5,12H2,1-3H3,(H2,11,14)(H,13,16). The van der Waals surface area contributed by atoms with E-state index in [-0.39, 0.29) is 22.2 Å². The van der Waals surface area contributed by atoms with Crippen LogP contribution in [0.2, 0.25) is 0 Å². The van der Waals surface area contributed by atoms with Crippen LogP contribution in [0.15, 0.2) is 15.7 Å². The van der Waals surface area contributed by atoms with Crippen molar-refractivity contribution in [1.29, 1.82) is 0 Å². The number of rotatable bonds is 3. The van der Waals surface area contributed by atoms with Gasteiger partial charge in [0, 0.05) is 11.5 Å². The van der Waals surface area contributed by atoms with Crippen LogP contribution in [0.5, 0.6) is 0 Å². The van der Waals surface area contributed by atoms with Crippen LogP contribution in [0.3, 0.4) is 0 Å². The first-order valence-corrected chi connectivity index (χ1v) is 6.24. The van der Waals surface area contributed by atoms with Crippen molar-refractivity contribution < 1.29 is 9.32 Å². The molecule has 0 aliphatic rings. The lowest BCUT2D eigenvalue weighted by molar-refractivity contribution is -0.113. The van der Waals surface area contributed by atoms with Gasteiger partial charge in [-0.1, -0.05) is 37.7 Å². The Balaban J connectivity index is 2.53. The topological polar surface area (TPSA) is 120 Å². The largest absolute Gasteiger partial charge is 0.377 e. The zero-order chi connectivity index (χ0) is 13.8. The lowest BCUT2D eigenvalue weighted by Crippen LogP contribution is -2.18. The Morgan fingerprint density at radius 1 is 1.61 bits per heavy atom. The fraction of sp³-hybridized carbons (Fsp3) is 0.500. The van der Waals surface area contributed by atoms with Crippen molar-refractivity contribution >= 4 is 28.7 Å². The molecule has 1 rings (SSSR count). The second kappa shape index (κ2) is 5.76. The SMILES string of the molecule is CC(C)(C)c1cc(NC(=O)CSC(N)=NN)on1. The van der Waals surface area contributed by atoms with Crippen molar-refractivity contribution in [1.82, 2.24) is 5.16 Å². The molecule has 5 N–H and O–H groups in total. The van der Waals surface area contributed by atoms with E-state index in [9.17, 15) is 4.79 Å². The fourth-order valence-electron chi connectivity index (χ4n) is 1.04. The van der Waals surface area contributed by atoms with E-state index < -0.39 is 0 Å². The molecule has 0 aromatic carbocycles. The Hall–Kier alpha value is -1.70. The van der Waals surface area contributed by atoms with Gasteiger partial charge in [-0.25, -0.2) is 0 Å². The van der Waals surface area contributed by atoms with E-state index in [2.05, 4.69) is 15.6 Å². The second-order valence-corrected chi connectivity index (χ2v) is 5.63. The molecule has 1 aromatic heterocycles. The van der Waals surface area contributed by atoms with Gasteiger partial charge in [0.1, 0.15) is 0 Å². The number of hydrazone groups is 1. The Morgan fingerprint density at radius 2 is 2.28 bits per heavy atom. The Labute approximate surface area is 109 Å². The number of carbonyl (C=O) groups excluding carboxylic acids is 1. The van der Waals surface area contributed by atoms with Crippen molar-refractivity contribution in [3.8, 4) is 0 Å². The van der Waals surface area contributed by atoms with Crippen LogP contribution in [-0.2, 0) is 10.2 Å². The predicted molar refractivity (Wildman–Crippen MR) is 72.1 cm³/mol. The summed E-state index contributed by atoms with van der Waals surface area (Å²) >= 11 is 1.04. The number of thioether (sulfide) groups is 1. The van der Waals surface area contributed by atoms with Gasteiger partial charge in [-0.05, 0) is 0 Å². The van der Waals surface area contributed by atoms with Gasteiger partial charge in [0.05, 0.1) is 11.4 Å². The first kappa shape index (κ1) is 14.4. The summed E-state index contributed by atoms with van der Waals surface area (Å²) in [5.41, 5.74) is 5.99. The van der Waals surface area contributed by atoms with Gasteiger partial charge in [-0.3, -0.25) is 10.1 Å². The minimum absolute atomic E-state index is 0.109. The zero-order valence-electron chi connectivity index (χ0n) is 10.6. The number of nitrogens with two attached hydrogens (primary N) is 2. The molecule has 0 bridgehead atoms. The van der Waals surface area contributed by atoms with E-state index >= 15 is 0 Å². The van der Waals surface area contributed by atoms with Crippen LogP contribution >= 0.6 is 11.8 Å². The maximum Gasteiger partial charge on any atom is 0.237 e. The number of hydrogen-bond acceptors (Lipinski definition) is 6. The molecule has 0 spiro atoms. The lowest BCUT2D eigenvalue weighted by Gasteiger charge is -2.12. The van der Waals surface area contributed by atoms with Gasteiger partial charge in [0.25, 0.3) is 0 Å². The number of carbonyl (C=O) groups is 1. The molecule has 0 saturated heterocycles. The normalized spacial score (nSPS) is 12.5. The number of nitrogens with zero attached hydrogens (tertiary/aromatic N) is 2. The third-order valence-electron chi connectivity index (χ3n) is 2.02. The molecule has 100 valence electrons. The third kappa shape index (κ3) is 4.28. The van der Waals surface area contributed by atoms with E-state index in [1.54, 1.807) is 6.07 Å². The van der Waals surface area contributed by atoms with Crippen molar-refractivity contribution in [3.63, 3.8) is 0 Å². The summed E-state index contributed by atoms with van der Waals surface area (Å²) in [6.07, 6.45) is 0. The van der Waals surface area contributed by atoms with E-state index in [1.165, 1.54) is 0 Å². The quantitative estimate of drug-likeness (QED) is 0.324. The minimum Gasteiger partial charge on any atom is -0.377 e. The number of nitrogens with one attached hydrogen (secondary N) is 1. The maximum atomic E-state index is 11.5. The first-order valence-electron chi connectivity index (χ1n) is 5.26. The van der Waals surface area contributed by atoms with Crippen LogP contribution in [0.1, 0.15) is 26.5 Å². The van der Waals surface area contributed by atoms with Crippen molar-refractivity contribution in [2.75, 3.05) is 11.1 Å². The van der Waals surface area contributed by atoms with E-state index in [1.807, 2.05) is 20.8 Å². The first-order chi connectivity index (χ1) is 8.32. The molecule has 18 heavy (non-hydrogen) atoms. The Kier molecular flexibility index (Phi) is 4.60. The van der Waals surface area contributed by atoms with Gasteiger partial charge < -0.3 is 16.1 Å². The Bertz CT molecular complexity index is 449. The molecular weight excluding hydrogens is 254 g/mol. The van der Waals surface area contributed by atoms with Gasteiger partial charge in [-0.15, -0.1) is 0 Å². The highest BCUT2D eigenvalue weighted by atomic mass is 32.2. The number of hydrogen-bond donors (Lipinski definition) is 3. The minimum atomic E-state index is -0.261. The van der Waals surface area contributed by atoms with Crippen LogP contribution in [0, 0.1) is 0 Å². The van der Waals surface area contributed by atoms with Gasteiger partial charge in [-0.2, -0.15) is 5.10 Å². The molecule has 7 nitrogen and oxygen atoms in total. The molecule has 0 unspecified atom stereocenters. The maximum absolute atomic E-state index is 11.5. The molecule has 0 fully saturated rings. The van der Waals surface area contributed by atoms with Crippen molar-refractivity contribution in [3.05, 3.63) is 11.8 Å². The second-order valence-electron chi connectivity index (χ2n) is 4.63. The highest BCUT2D eigenvalue weighted by Crippen LogP contribution is 2.23. The monoisotopic (exact) mass is 271 g/mol. The molecule has 0 atom stereocenters. The molecular formula is C10H17N5O2S. The number of amides is 1. The summed E-state index contributed by atoms with van der Waals surface area (Å²) in [6, 6.07) is 1.70. The van der Waals surface area contributed by atoms with Crippen molar-refractivity contribution in [2.45, 2.75) is 26.2 Å². The fourth-order valence-corrected chi connectivity index (χ4v) is 1.46. The van der Waals surface area contributed by atoms with Crippen LogP contribution in [0.25, 0.3) is 0 Å². The van der Waals surface area contributed by atoms with Gasteiger partial charge in [0.15, 0.2) is 5.17 Å².